The number of sulfonamides is 1. The molecule has 9 heteroatoms. The minimum absolute atomic E-state index is 0.0597. The number of ether oxygens (including phenoxy) is 2. The molecule has 3 rings (SSSR count). The zero-order valence-corrected chi connectivity index (χ0v) is 15.9. The van der Waals surface area contributed by atoms with Crippen molar-refractivity contribution >= 4 is 21.6 Å². The Balaban J connectivity index is 1.65. The first-order valence-electron chi connectivity index (χ1n) is 8.21. The Hall–Kier alpha value is -1.90. The number of methoxy groups -OCH3 is 1. The molecule has 1 aromatic heterocycles. The van der Waals surface area contributed by atoms with Gasteiger partial charge in [0.1, 0.15) is 6.10 Å². The second-order valence-corrected chi connectivity index (χ2v) is 8.43. The monoisotopic (exact) mass is 397 g/mol. The fraction of sp³-hybridized carbons (Fsp3) is 0.412. The normalized spacial score (nSPS) is 18.5. The van der Waals surface area contributed by atoms with E-state index in [0.29, 0.717) is 28.9 Å². The summed E-state index contributed by atoms with van der Waals surface area (Å²) in [4.78, 5) is 8.16. The van der Waals surface area contributed by atoms with Crippen molar-refractivity contribution in [2.24, 2.45) is 0 Å². The molecular formula is C17H20ClN3O4S. The van der Waals surface area contributed by atoms with Crippen molar-refractivity contribution in [3.8, 4) is 11.8 Å². The Kier molecular flexibility index (Phi) is 5.95. The first kappa shape index (κ1) is 18.9. The van der Waals surface area contributed by atoms with Crippen molar-refractivity contribution in [2.75, 3.05) is 20.2 Å². The molecule has 1 unspecified atom stereocenters. The third kappa shape index (κ3) is 4.84. The van der Waals surface area contributed by atoms with Gasteiger partial charge in [0.2, 0.25) is 21.8 Å². The molecule has 0 N–H and O–H groups in total. The van der Waals surface area contributed by atoms with Crippen LogP contribution >= 0.6 is 11.6 Å². The van der Waals surface area contributed by atoms with Gasteiger partial charge in [-0.1, -0.05) is 23.7 Å². The maximum Gasteiger partial charge on any atom is 0.235 e. The average Bonchev–Trinajstić information content (AvgIpc) is 2.64. The van der Waals surface area contributed by atoms with E-state index in [4.69, 9.17) is 21.1 Å². The van der Waals surface area contributed by atoms with Crippen LogP contribution in [0.5, 0.6) is 11.8 Å². The minimum atomic E-state index is -3.44. The lowest BCUT2D eigenvalue weighted by Crippen LogP contribution is -2.44. The lowest BCUT2D eigenvalue weighted by Gasteiger charge is -2.31. The first-order chi connectivity index (χ1) is 12.5. The number of halogens is 1. The van der Waals surface area contributed by atoms with Crippen LogP contribution in [-0.2, 0) is 15.8 Å². The van der Waals surface area contributed by atoms with Crippen molar-refractivity contribution in [3.05, 3.63) is 47.2 Å². The van der Waals surface area contributed by atoms with E-state index in [0.717, 1.165) is 12.8 Å². The van der Waals surface area contributed by atoms with Gasteiger partial charge >= 0.3 is 0 Å². The SMILES string of the molecule is COc1cncc(OC2CCCN(S(=O)(=O)Cc3ccc(Cl)cc3)C2)n1. The molecule has 1 atom stereocenters. The molecule has 140 valence electrons. The Morgan fingerprint density at radius 2 is 1.96 bits per heavy atom. The Morgan fingerprint density at radius 3 is 2.69 bits per heavy atom. The van der Waals surface area contributed by atoms with Crippen molar-refractivity contribution in [1.29, 1.82) is 0 Å². The van der Waals surface area contributed by atoms with Crippen LogP contribution in [0.3, 0.4) is 0 Å². The molecule has 1 fully saturated rings. The number of nitrogens with zero attached hydrogens (tertiary/aromatic N) is 3. The molecule has 0 aliphatic carbocycles. The molecule has 0 saturated carbocycles. The second kappa shape index (κ2) is 8.20. The molecular weight excluding hydrogens is 378 g/mol. The van der Waals surface area contributed by atoms with Crippen LogP contribution in [0.2, 0.25) is 5.02 Å². The van der Waals surface area contributed by atoms with Crippen LogP contribution in [0, 0.1) is 0 Å². The summed E-state index contributed by atoms with van der Waals surface area (Å²) >= 11 is 5.85. The van der Waals surface area contributed by atoms with E-state index in [9.17, 15) is 8.42 Å². The number of aromatic nitrogens is 2. The lowest BCUT2D eigenvalue weighted by atomic mass is 10.1. The smallest absolute Gasteiger partial charge is 0.235 e. The van der Waals surface area contributed by atoms with Crippen LogP contribution in [0.1, 0.15) is 18.4 Å². The van der Waals surface area contributed by atoms with Gasteiger partial charge in [0.15, 0.2) is 0 Å². The summed E-state index contributed by atoms with van der Waals surface area (Å²) in [7, 11) is -1.94. The Morgan fingerprint density at radius 1 is 1.23 bits per heavy atom. The van der Waals surface area contributed by atoms with E-state index in [1.54, 1.807) is 24.3 Å². The summed E-state index contributed by atoms with van der Waals surface area (Å²) in [6.45, 7) is 0.772. The van der Waals surface area contributed by atoms with E-state index in [2.05, 4.69) is 9.97 Å². The molecule has 1 aliphatic rings. The van der Waals surface area contributed by atoms with E-state index in [1.807, 2.05) is 0 Å². The highest BCUT2D eigenvalue weighted by molar-refractivity contribution is 7.88. The highest BCUT2D eigenvalue weighted by Crippen LogP contribution is 2.22. The van der Waals surface area contributed by atoms with Gasteiger partial charge in [-0.25, -0.2) is 8.42 Å². The van der Waals surface area contributed by atoms with Crippen molar-refractivity contribution in [3.63, 3.8) is 0 Å². The molecule has 1 saturated heterocycles. The van der Waals surface area contributed by atoms with Crippen LogP contribution in [0.25, 0.3) is 0 Å². The molecule has 0 bridgehead atoms. The van der Waals surface area contributed by atoms with E-state index >= 15 is 0 Å². The maximum atomic E-state index is 12.7. The fourth-order valence-electron chi connectivity index (χ4n) is 2.79. The minimum Gasteiger partial charge on any atom is -0.480 e. The maximum absolute atomic E-state index is 12.7. The van der Waals surface area contributed by atoms with Crippen LogP contribution in [-0.4, -0.2) is 49.0 Å². The van der Waals surface area contributed by atoms with Gasteiger partial charge in [0, 0.05) is 11.6 Å². The quantitative estimate of drug-likeness (QED) is 0.744. The third-order valence-corrected chi connectivity index (χ3v) is 6.15. The molecule has 0 radical (unpaired) electrons. The summed E-state index contributed by atoms with van der Waals surface area (Å²) in [6, 6.07) is 6.83. The predicted molar refractivity (Wildman–Crippen MR) is 97.9 cm³/mol. The van der Waals surface area contributed by atoms with Gasteiger partial charge in [-0.3, -0.25) is 4.98 Å². The highest BCUT2D eigenvalue weighted by Gasteiger charge is 2.30. The van der Waals surface area contributed by atoms with Gasteiger partial charge < -0.3 is 9.47 Å². The number of piperidine rings is 1. The van der Waals surface area contributed by atoms with E-state index < -0.39 is 10.0 Å². The molecule has 2 heterocycles. The Bertz CT molecular complexity index is 845. The molecule has 0 spiro atoms. The topological polar surface area (TPSA) is 81.6 Å². The average molecular weight is 398 g/mol. The summed E-state index contributed by atoms with van der Waals surface area (Å²) < 4.78 is 37.8. The van der Waals surface area contributed by atoms with Gasteiger partial charge in [0.05, 0.1) is 31.8 Å². The van der Waals surface area contributed by atoms with Gasteiger partial charge in [0.25, 0.3) is 0 Å². The number of rotatable bonds is 6. The van der Waals surface area contributed by atoms with Gasteiger partial charge in [-0.05, 0) is 30.5 Å². The van der Waals surface area contributed by atoms with E-state index in [1.165, 1.54) is 23.8 Å². The first-order valence-corrected chi connectivity index (χ1v) is 10.2. The van der Waals surface area contributed by atoms with E-state index in [-0.39, 0.29) is 18.4 Å². The zero-order chi connectivity index (χ0) is 18.6. The lowest BCUT2D eigenvalue weighted by molar-refractivity contribution is 0.123. The molecule has 7 nitrogen and oxygen atoms in total. The summed E-state index contributed by atoms with van der Waals surface area (Å²) in [6.07, 6.45) is 4.18. The van der Waals surface area contributed by atoms with Crippen molar-refractivity contribution in [1.82, 2.24) is 14.3 Å². The van der Waals surface area contributed by atoms with Gasteiger partial charge in [-0.15, -0.1) is 0 Å². The molecule has 1 aliphatic heterocycles. The highest BCUT2D eigenvalue weighted by atomic mass is 35.5. The van der Waals surface area contributed by atoms with Crippen molar-refractivity contribution in [2.45, 2.75) is 24.7 Å². The number of benzene rings is 1. The Labute approximate surface area is 158 Å². The summed E-state index contributed by atoms with van der Waals surface area (Å²) in [5, 5.41) is 0.581. The summed E-state index contributed by atoms with van der Waals surface area (Å²) in [5.74, 6) is 0.618. The van der Waals surface area contributed by atoms with Crippen molar-refractivity contribution < 1.29 is 17.9 Å². The molecule has 0 amide bonds. The number of hydrogen-bond acceptors (Lipinski definition) is 6. The third-order valence-electron chi connectivity index (χ3n) is 4.08. The predicted octanol–water partition coefficient (Wildman–Crippen LogP) is 2.51. The number of hydrogen-bond donors (Lipinski definition) is 0. The molecule has 26 heavy (non-hydrogen) atoms. The second-order valence-electron chi connectivity index (χ2n) is 6.02. The fourth-order valence-corrected chi connectivity index (χ4v) is 4.52. The van der Waals surface area contributed by atoms with Crippen LogP contribution in [0.4, 0.5) is 0 Å². The largest absolute Gasteiger partial charge is 0.480 e. The van der Waals surface area contributed by atoms with Crippen LogP contribution in [0.15, 0.2) is 36.7 Å². The zero-order valence-electron chi connectivity index (χ0n) is 14.3. The van der Waals surface area contributed by atoms with Gasteiger partial charge in [-0.2, -0.15) is 9.29 Å². The molecule has 1 aromatic carbocycles. The standard InChI is InChI=1S/C17H20ClN3O4S/c1-24-16-9-19-10-17(20-16)25-15-3-2-8-21(11-15)26(22,23)12-13-4-6-14(18)7-5-13/h4-7,9-10,15H,2-3,8,11-12H2,1H3. The molecule has 2 aromatic rings. The van der Waals surface area contributed by atoms with Crippen LogP contribution < -0.4 is 9.47 Å². The summed E-state index contributed by atoms with van der Waals surface area (Å²) in [5.41, 5.74) is 0.705.